The molecule has 3 nitrogen and oxygen atoms in total. The summed E-state index contributed by atoms with van der Waals surface area (Å²) in [6.07, 6.45) is 2.80. The van der Waals surface area contributed by atoms with Crippen molar-refractivity contribution in [2.75, 3.05) is 12.4 Å². The quantitative estimate of drug-likeness (QED) is 0.855. The number of pyridine rings is 1. The van der Waals surface area contributed by atoms with Crippen molar-refractivity contribution in [1.29, 1.82) is 0 Å². The molecule has 17 heavy (non-hydrogen) atoms. The van der Waals surface area contributed by atoms with Gasteiger partial charge in [-0.2, -0.15) is 0 Å². The van der Waals surface area contributed by atoms with Crippen LogP contribution >= 0.6 is 0 Å². The summed E-state index contributed by atoms with van der Waals surface area (Å²) in [6.45, 7) is 0. The predicted octanol–water partition coefficient (Wildman–Crippen LogP) is 2.80. The van der Waals surface area contributed by atoms with E-state index in [2.05, 4.69) is 28.5 Å². The molecule has 0 bridgehead atoms. The highest BCUT2D eigenvalue weighted by atomic mass is 16.5. The highest BCUT2D eigenvalue weighted by Gasteiger charge is 2.22. The molecule has 0 radical (unpaired) electrons. The number of anilines is 1. The van der Waals surface area contributed by atoms with Gasteiger partial charge in [0, 0.05) is 18.3 Å². The number of methoxy groups -OCH3 is 1. The predicted molar refractivity (Wildman–Crippen MR) is 67.3 cm³/mol. The average Bonchev–Trinajstić information content (AvgIpc) is 2.82. The Balaban J connectivity index is 1.88. The third-order valence-electron chi connectivity index (χ3n) is 3.11. The van der Waals surface area contributed by atoms with E-state index in [0.717, 1.165) is 17.9 Å². The Morgan fingerprint density at radius 2 is 2.24 bits per heavy atom. The zero-order chi connectivity index (χ0) is 11.7. The van der Waals surface area contributed by atoms with E-state index in [0.29, 0.717) is 0 Å². The smallest absolute Gasteiger partial charge is 0.119 e. The first-order chi connectivity index (χ1) is 8.36. The van der Waals surface area contributed by atoms with Crippen LogP contribution in [0, 0.1) is 0 Å². The third kappa shape index (κ3) is 1.84. The Morgan fingerprint density at radius 3 is 3.00 bits per heavy atom. The van der Waals surface area contributed by atoms with E-state index in [4.69, 9.17) is 4.74 Å². The second kappa shape index (κ2) is 4.09. The number of nitrogens with one attached hydrogen (secondary N) is 1. The van der Waals surface area contributed by atoms with Crippen molar-refractivity contribution in [2.24, 2.45) is 0 Å². The monoisotopic (exact) mass is 226 g/mol. The Labute approximate surface area is 100 Å². The molecule has 86 valence electrons. The van der Waals surface area contributed by atoms with Crippen LogP contribution in [0.15, 0.2) is 42.6 Å². The summed E-state index contributed by atoms with van der Waals surface area (Å²) in [7, 11) is 1.69. The van der Waals surface area contributed by atoms with Gasteiger partial charge >= 0.3 is 0 Å². The molecular formula is C14H14N2O. The topological polar surface area (TPSA) is 34.1 Å². The van der Waals surface area contributed by atoms with Crippen LogP contribution in [0.4, 0.5) is 5.69 Å². The van der Waals surface area contributed by atoms with E-state index in [9.17, 15) is 0 Å². The van der Waals surface area contributed by atoms with Crippen molar-refractivity contribution in [3.63, 3.8) is 0 Å². The Morgan fingerprint density at radius 1 is 1.29 bits per heavy atom. The second-order valence-corrected chi connectivity index (χ2v) is 4.18. The lowest BCUT2D eigenvalue weighted by Crippen LogP contribution is -2.07. The molecule has 0 saturated carbocycles. The van der Waals surface area contributed by atoms with Gasteiger partial charge in [0.25, 0.3) is 0 Å². The summed E-state index contributed by atoms with van der Waals surface area (Å²) >= 11 is 0. The number of hydrogen-bond donors (Lipinski definition) is 1. The van der Waals surface area contributed by atoms with Gasteiger partial charge in [0.15, 0.2) is 0 Å². The van der Waals surface area contributed by atoms with E-state index in [1.165, 1.54) is 11.3 Å². The van der Waals surface area contributed by atoms with Gasteiger partial charge < -0.3 is 10.1 Å². The first-order valence-electron chi connectivity index (χ1n) is 5.71. The van der Waals surface area contributed by atoms with Crippen LogP contribution in [0.5, 0.6) is 5.75 Å². The van der Waals surface area contributed by atoms with Crippen molar-refractivity contribution < 1.29 is 4.74 Å². The molecule has 0 spiro atoms. The number of ether oxygens (including phenoxy) is 1. The van der Waals surface area contributed by atoms with Gasteiger partial charge in [-0.15, -0.1) is 0 Å². The first kappa shape index (κ1) is 10.1. The fraction of sp³-hybridized carbons (Fsp3) is 0.214. The van der Waals surface area contributed by atoms with Crippen molar-refractivity contribution in [1.82, 2.24) is 4.98 Å². The van der Waals surface area contributed by atoms with Crippen LogP contribution in [0.2, 0.25) is 0 Å². The van der Waals surface area contributed by atoms with Crippen LogP contribution in [0.25, 0.3) is 0 Å². The van der Waals surface area contributed by atoms with Crippen molar-refractivity contribution in [3.8, 4) is 5.75 Å². The maximum Gasteiger partial charge on any atom is 0.119 e. The van der Waals surface area contributed by atoms with Gasteiger partial charge in [-0.05, 0) is 35.9 Å². The number of fused-ring (bicyclic) bond motifs is 1. The SMILES string of the molecule is COc1ccc2c(c1)CC(c1ccccn1)N2. The summed E-state index contributed by atoms with van der Waals surface area (Å²) in [5.41, 5.74) is 3.56. The van der Waals surface area contributed by atoms with Gasteiger partial charge in [-0.3, -0.25) is 4.98 Å². The summed E-state index contributed by atoms with van der Waals surface area (Å²) in [4.78, 5) is 4.39. The van der Waals surface area contributed by atoms with Gasteiger partial charge in [0.1, 0.15) is 5.75 Å². The summed E-state index contributed by atoms with van der Waals surface area (Å²) in [5.74, 6) is 0.909. The van der Waals surface area contributed by atoms with Gasteiger partial charge in [-0.25, -0.2) is 0 Å². The van der Waals surface area contributed by atoms with Crippen molar-refractivity contribution in [3.05, 3.63) is 53.9 Å². The maximum absolute atomic E-state index is 5.24. The van der Waals surface area contributed by atoms with Crippen LogP contribution in [0.1, 0.15) is 17.3 Å². The maximum atomic E-state index is 5.24. The van der Waals surface area contributed by atoms with Gasteiger partial charge in [0.2, 0.25) is 0 Å². The summed E-state index contributed by atoms with van der Waals surface area (Å²) in [6, 6.07) is 12.4. The molecule has 2 aromatic rings. The standard InChI is InChI=1S/C14H14N2O/c1-17-11-5-6-12-10(8-11)9-14(16-12)13-4-2-3-7-15-13/h2-8,14,16H,9H2,1H3. The Bertz CT molecular complexity index is 525. The number of benzene rings is 1. The third-order valence-corrected chi connectivity index (χ3v) is 3.11. The summed E-state index contributed by atoms with van der Waals surface area (Å²) < 4.78 is 5.24. The molecule has 2 heterocycles. The average molecular weight is 226 g/mol. The van der Waals surface area contributed by atoms with Gasteiger partial charge in [0.05, 0.1) is 18.8 Å². The first-order valence-corrected chi connectivity index (χ1v) is 5.71. The Hall–Kier alpha value is -2.03. The minimum atomic E-state index is 0.276. The van der Waals surface area contributed by atoms with Crippen molar-refractivity contribution in [2.45, 2.75) is 12.5 Å². The second-order valence-electron chi connectivity index (χ2n) is 4.18. The molecule has 0 fully saturated rings. The molecule has 1 unspecified atom stereocenters. The highest BCUT2D eigenvalue weighted by molar-refractivity contribution is 5.59. The number of nitrogens with zero attached hydrogens (tertiary/aromatic N) is 1. The minimum absolute atomic E-state index is 0.276. The number of rotatable bonds is 2. The molecule has 3 heteroatoms. The molecule has 3 rings (SSSR count). The largest absolute Gasteiger partial charge is 0.497 e. The van der Waals surface area contributed by atoms with E-state index in [1.807, 2.05) is 24.4 Å². The van der Waals surface area contributed by atoms with Crippen LogP contribution in [0.3, 0.4) is 0 Å². The Kier molecular flexibility index (Phi) is 2.44. The molecule has 1 aromatic carbocycles. The molecule has 0 aliphatic carbocycles. The zero-order valence-electron chi connectivity index (χ0n) is 9.68. The molecule has 0 amide bonds. The van der Waals surface area contributed by atoms with E-state index < -0.39 is 0 Å². The lowest BCUT2D eigenvalue weighted by atomic mass is 10.1. The fourth-order valence-electron chi connectivity index (χ4n) is 2.23. The molecule has 1 aliphatic rings. The van der Waals surface area contributed by atoms with E-state index in [-0.39, 0.29) is 6.04 Å². The highest BCUT2D eigenvalue weighted by Crippen LogP contribution is 2.35. The van der Waals surface area contributed by atoms with Crippen LogP contribution in [-0.4, -0.2) is 12.1 Å². The zero-order valence-corrected chi connectivity index (χ0v) is 9.68. The van der Waals surface area contributed by atoms with Crippen LogP contribution in [-0.2, 0) is 6.42 Å². The molecule has 1 aliphatic heterocycles. The summed E-state index contributed by atoms with van der Waals surface area (Å²) in [5, 5.41) is 3.48. The number of hydrogen-bond acceptors (Lipinski definition) is 3. The van der Waals surface area contributed by atoms with Crippen LogP contribution < -0.4 is 10.1 Å². The van der Waals surface area contributed by atoms with E-state index >= 15 is 0 Å². The van der Waals surface area contributed by atoms with Crippen molar-refractivity contribution >= 4 is 5.69 Å². The fourth-order valence-corrected chi connectivity index (χ4v) is 2.23. The lowest BCUT2D eigenvalue weighted by Gasteiger charge is -2.09. The van der Waals surface area contributed by atoms with E-state index in [1.54, 1.807) is 7.11 Å². The molecule has 0 saturated heterocycles. The molecular weight excluding hydrogens is 212 g/mol. The lowest BCUT2D eigenvalue weighted by molar-refractivity contribution is 0.414. The number of aromatic nitrogens is 1. The molecule has 1 N–H and O–H groups in total. The molecule has 1 aromatic heterocycles. The normalized spacial score (nSPS) is 17.4. The van der Waals surface area contributed by atoms with Gasteiger partial charge in [-0.1, -0.05) is 6.07 Å². The minimum Gasteiger partial charge on any atom is -0.497 e. The molecule has 1 atom stereocenters.